The number of carbonyl (C=O) groups is 2. The van der Waals surface area contributed by atoms with Crippen LogP contribution in [0.25, 0.3) is 0 Å². The minimum absolute atomic E-state index is 0.0757. The minimum Gasteiger partial charge on any atom is -0.497 e. The van der Waals surface area contributed by atoms with Gasteiger partial charge < -0.3 is 15.2 Å². The molecule has 8 nitrogen and oxygen atoms in total. The molecule has 8 heteroatoms. The van der Waals surface area contributed by atoms with Crippen molar-refractivity contribution in [3.05, 3.63) is 69.3 Å². The fourth-order valence-electron chi connectivity index (χ4n) is 2.76. The van der Waals surface area contributed by atoms with Crippen molar-refractivity contribution in [1.82, 2.24) is 5.32 Å². The zero-order chi connectivity index (χ0) is 20.2. The third-order valence-corrected chi connectivity index (χ3v) is 4.27. The highest BCUT2D eigenvalue weighted by Crippen LogP contribution is 2.29. The first-order valence-corrected chi connectivity index (χ1v) is 8.10. The highest BCUT2D eigenvalue weighted by Gasteiger charge is 2.32. The Hall–Kier alpha value is -3.42. The summed E-state index contributed by atoms with van der Waals surface area (Å²) in [5.41, 5.74) is -0.371. The van der Waals surface area contributed by atoms with Crippen LogP contribution in [0.15, 0.2) is 42.5 Å². The number of ether oxygens (including phenoxy) is 1. The molecule has 1 amide bonds. The van der Waals surface area contributed by atoms with E-state index in [-0.39, 0.29) is 17.7 Å². The number of benzene rings is 2. The predicted molar refractivity (Wildman–Crippen MR) is 97.9 cm³/mol. The molecule has 0 radical (unpaired) electrons. The number of nitro benzene ring substituents is 1. The number of hydrogen-bond donors (Lipinski definition) is 2. The summed E-state index contributed by atoms with van der Waals surface area (Å²) in [5, 5.41) is 23.1. The maximum atomic E-state index is 12.7. The van der Waals surface area contributed by atoms with Gasteiger partial charge >= 0.3 is 5.97 Å². The fourth-order valence-corrected chi connectivity index (χ4v) is 2.76. The summed E-state index contributed by atoms with van der Waals surface area (Å²) in [4.78, 5) is 34.6. The Balaban J connectivity index is 2.41. The number of rotatable bonds is 7. The van der Waals surface area contributed by atoms with Crippen molar-refractivity contribution in [2.24, 2.45) is 0 Å². The first-order chi connectivity index (χ1) is 12.7. The lowest BCUT2D eigenvalue weighted by Crippen LogP contribution is -2.45. The average molecular weight is 372 g/mol. The number of carboxylic acids is 1. The van der Waals surface area contributed by atoms with E-state index in [1.165, 1.54) is 25.3 Å². The first kappa shape index (κ1) is 19.9. The van der Waals surface area contributed by atoms with E-state index < -0.39 is 22.3 Å². The van der Waals surface area contributed by atoms with Crippen molar-refractivity contribution in [2.45, 2.75) is 25.8 Å². The van der Waals surface area contributed by atoms with Crippen LogP contribution >= 0.6 is 0 Å². The molecule has 2 rings (SSSR count). The van der Waals surface area contributed by atoms with E-state index in [1.807, 2.05) is 0 Å². The monoisotopic (exact) mass is 372 g/mol. The number of aliphatic carboxylic acids is 1. The standard InChI is InChI=1S/C19H20N2O6/c1-12-7-8-13(9-16(12)21(25)26)18(24)20-19(2,11-17(22)23)14-5-4-6-15(10-14)27-3/h4-10H,11H2,1-3H3,(H,20,24)(H,22,23). The van der Waals surface area contributed by atoms with Gasteiger partial charge in [-0.3, -0.25) is 19.7 Å². The van der Waals surface area contributed by atoms with Gasteiger partial charge in [-0.15, -0.1) is 0 Å². The van der Waals surface area contributed by atoms with Crippen LogP contribution < -0.4 is 10.1 Å². The Morgan fingerprint density at radius 2 is 1.96 bits per heavy atom. The Labute approximate surface area is 155 Å². The third-order valence-electron chi connectivity index (χ3n) is 4.27. The van der Waals surface area contributed by atoms with Crippen LogP contribution in [0.5, 0.6) is 5.75 Å². The molecular weight excluding hydrogens is 352 g/mol. The summed E-state index contributed by atoms with van der Waals surface area (Å²) < 4.78 is 5.16. The fraction of sp³-hybridized carbons (Fsp3) is 0.263. The van der Waals surface area contributed by atoms with Gasteiger partial charge in [0, 0.05) is 17.2 Å². The number of nitrogens with one attached hydrogen (secondary N) is 1. The molecule has 0 saturated heterocycles. The summed E-state index contributed by atoms with van der Waals surface area (Å²) in [5.74, 6) is -1.19. The van der Waals surface area contributed by atoms with Gasteiger partial charge in [-0.1, -0.05) is 18.2 Å². The lowest BCUT2D eigenvalue weighted by molar-refractivity contribution is -0.385. The largest absolute Gasteiger partial charge is 0.497 e. The molecule has 0 bridgehead atoms. The molecule has 142 valence electrons. The Morgan fingerprint density at radius 1 is 1.26 bits per heavy atom. The summed E-state index contributed by atoms with van der Waals surface area (Å²) in [7, 11) is 1.48. The van der Waals surface area contributed by atoms with Crippen LogP contribution in [0.2, 0.25) is 0 Å². The predicted octanol–water partition coefficient (Wildman–Crippen LogP) is 3.03. The van der Waals surface area contributed by atoms with Crippen LogP contribution in [0.3, 0.4) is 0 Å². The Bertz CT molecular complexity index is 896. The zero-order valence-corrected chi connectivity index (χ0v) is 15.2. The van der Waals surface area contributed by atoms with Crippen LogP contribution in [0, 0.1) is 17.0 Å². The second-order valence-corrected chi connectivity index (χ2v) is 6.35. The number of amides is 1. The SMILES string of the molecule is COc1cccc(C(C)(CC(=O)O)NC(=O)c2ccc(C)c([N+](=O)[O-])c2)c1. The first-order valence-electron chi connectivity index (χ1n) is 8.10. The summed E-state index contributed by atoms with van der Waals surface area (Å²) in [6.07, 6.45) is -0.375. The molecule has 0 saturated carbocycles. The van der Waals surface area contributed by atoms with E-state index in [2.05, 4.69) is 5.32 Å². The second-order valence-electron chi connectivity index (χ2n) is 6.35. The van der Waals surface area contributed by atoms with Crippen LogP contribution in [0.1, 0.15) is 34.8 Å². The molecule has 2 N–H and O–H groups in total. The van der Waals surface area contributed by atoms with Crippen LogP contribution in [-0.4, -0.2) is 29.0 Å². The Morgan fingerprint density at radius 3 is 2.56 bits per heavy atom. The number of nitro groups is 1. The molecule has 0 aromatic heterocycles. The van der Waals surface area contributed by atoms with Crippen molar-refractivity contribution < 1.29 is 24.4 Å². The molecule has 1 unspecified atom stereocenters. The van der Waals surface area contributed by atoms with Crippen molar-refractivity contribution >= 4 is 17.6 Å². The molecule has 2 aromatic rings. The van der Waals surface area contributed by atoms with Gasteiger partial charge in [0.2, 0.25) is 0 Å². The van der Waals surface area contributed by atoms with Crippen molar-refractivity contribution in [3.8, 4) is 5.75 Å². The van der Waals surface area contributed by atoms with Gasteiger partial charge in [0.15, 0.2) is 0 Å². The van der Waals surface area contributed by atoms with E-state index in [9.17, 15) is 24.8 Å². The number of carbonyl (C=O) groups excluding carboxylic acids is 1. The van der Waals surface area contributed by atoms with E-state index >= 15 is 0 Å². The van der Waals surface area contributed by atoms with Gasteiger partial charge in [-0.05, 0) is 37.6 Å². The number of carboxylic acid groups (broad SMARTS) is 1. The van der Waals surface area contributed by atoms with Crippen LogP contribution in [-0.2, 0) is 10.3 Å². The second kappa shape index (κ2) is 7.86. The van der Waals surface area contributed by atoms with Gasteiger partial charge in [0.1, 0.15) is 5.75 Å². The lowest BCUT2D eigenvalue weighted by Gasteiger charge is -2.30. The quantitative estimate of drug-likeness (QED) is 0.569. The van der Waals surface area contributed by atoms with E-state index in [0.29, 0.717) is 16.9 Å². The minimum atomic E-state index is -1.24. The third kappa shape index (κ3) is 4.60. The van der Waals surface area contributed by atoms with Gasteiger partial charge in [0.25, 0.3) is 11.6 Å². The summed E-state index contributed by atoms with van der Waals surface area (Å²) >= 11 is 0. The molecule has 0 spiro atoms. The number of hydrogen-bond acceptors (Lipinski definition) is 5. The highest BCUT2D eigenvalue weighted by atomic mass is 16.6. The molecule has 0 heterocycles. The molecule has 2 aromatic carbocycles. The molecule has 27 heavy (non-hydrogen) atoms. The number of aryl methyl sites for hydroxylation is 1. The topological polar surface area (TPSA) is 119 Å². The van der Waals surface area contributed by atoms with Gasteiger partial charge in [-0.2, -0.15) is 0 Å². The van der Waals surface area contributed by atoms with Gasteiger partial charge in [-0.25, -0.2) is 0 Å². The molecule has 0 aliphatic heterocycles. The molecular formula is C19H20N2O6. The lowest BCUT2D eigenvalue weighted by atomic mass is 9.88. The number of methoxy groups -OCH3 is 1. The molecule has 0 aliphatic carbocycles. The van der Waals surface area contributed by atoms with Gasteiger partial charge in [0.05, 0.1) is 24.0 Å². The van der Waals surface area contributed by atoms with E-state index in [0.717, 1.165) is 0 Å². The van der Waals surface area contributed by atoms with Crippen molar-refractivity contribution in [1.29, 1.82) is 0 Å². The average Bonchev–Trinajstić information content (AvgIpc) is 2.61. The van der Waals surface area contributed by atoms with E-state index in [4.69, 9.17) is 4.74 Å². The normalized spacial score (nSPS) is 12.7. The Kier molecular flexibility index (Phi) is 5.79. The van der Waals surface area contributed by atoms with Crippen LogP contribution in [0.4, 0.5) is 5.69 Å². The van der Waals surface area contributed by atoms with Crippen molar-refractivity contribution in [2.75, 3.05) is 7.11 Å². The van der Waals surface area contributed by atoms with E-state index in [1.54, 1.807) is 38.1 Å². The maximum Gasteiger partial charge on any atom is 0.306 e. The smallest absolute Gasteiger partial charge is 0.306 e. The van der Waals surface area contributed by atoms with Crippen molar-refractivity contribution in [3.63, 3.8) is 0 Å². The number of nitrogens with zero attached hydrogens (tertiary/aromatic N) is 1. The molecule has 1 atom stereocenters. The summed E-state index contributed by atoms with van der Waals surface area (Å²) in [6.45, 7) is 3.15. The summed E-state index contributed by atoms with van der Waals surface area (Å²) in [6, 6.07) is 10.8. The zero-order valence-electron chi connectivity index (χ0n) is 15.2. The highest BCUT2D eigenvalue weighted by molar-refractivity contribution is 5.95. The molecule has 0 aliphatic rings. The maximum absolute atomic E-state index is 12.7. The molecule has 0 fully saturated rings.